The second-order valence-corrected chi connectivity index (χ2v) is 11.9. The molecule has 0 aromatic heterocycles. The van der Waals surface area contributed by atoms with E-state index in [1.165, 1.54) is 43.2 Å². The average Bonchev–Trinajstić information content (AvgIpc) is 3.54. The second-order valence-electron chi connectivity index (χ2n) is 11.9. The van der Waals surface area contributed by atoms with Crippen LogP contribution in [0.4, 0.5) is 0 Å². The molecule has 5 heteroatoms. The van der Waals surface area contributed by atoms with E-state index in [1.54, 1.807) is 0 Å². The van der Waals surface area contributed by atoms with E-state index in [4.69, 9.17) is 9.47 Å². The van der Waals surface area contributed by atoms with Crippen molar-refractivity contribution in [1.29, 1.82) is 0 Å². The first-order chi connectivity index (χ1) is 17.0. The van der Waals surface area contributed by atoms with Crippen LogP contribution < -0.4 is 4.74 Å². The van der Waals surface area contributed by atoms with Gasteiger partial charge in [-0.15, -0.1) is 0 Å². The van der Waals surface area contributed by atoms with Crippen molar-refractivity contribution < 1.29 is 24.5 Å². The summed E-state index contributed by atoms with van der Waals surface area (Å²) in [6.07, 6.45) is 12.9. The van der Waals surface area contributed by atoms with Crippen LogP contribution in [0.1, 0.15) is 88.7 Å². The zero-order valence-corrected chi connectivity index (χ0v) is 21.4. The summed E-state index contributed by atoms with van der Waals surface area (Å²) in [7, 11) is 0. The highest BCUT2D eigenvalue weighted by atomic mass is 16.6. The predicted molar refractivity (Wildman–Crippen MR) is 135 cm³/mol. The number of hydrogen-bond donors (Lipinski definition) is 2. The molecule has 1 aromatic rings. The lowest BCUT2D eigenvalue weighted by molar-refractivity contribution is -0.153. The Morgan fingerprint density at radius 3 is 2.74 bits per heavy atom. The number of carbonyl (C=O) groups is 1. The first-order valence-corrected chi connectivity index (χ1v) is 14.3. The van der Waals surface area contributed by atoms with Crippen LogP contribution in [-0.2, 0) is 22.4 Å². The minimum Gasteiger partial charge on any atom is -0.482 e. The quantitative estimate of drug-likeness (QED) is 0.332. The van der Waals surface area contributed by atoms with E-state index in [0.29, 0.717) is 17.8 Å². The van der Waals surface area contributed by atoms with Gasteiger partial charge in [-0.3, -0.25) is 0 Å². The molecule has 194 valence electrons. The van der Waals surface area contributed by atoms with Gasteiger partial charge < -0.3 is 19.7 Å². The lowest BCUT2D eigenvalue weighted by atomic mass is 9.73. The van der Waals surface area contributed by atoms with Crippen molar-refractivity contribution in [2.45, 2.75) is 109 Å². The van der Waals surface area contributed by atoms with Crippen molar-refractivity contribution in [3.63, 3.8) is 0 Å². The number of rotatable bonds is 11. The monoisotopic (exact) mass is 484 g/mol. The summed E-state index contributed by atoms with van der Waals surface area (Å²) >= 11 is 0. The molecule has 3 saturated carbocycles. The Kier molecular flexibility index (Phi) is 8.03. The summed E-state index contributed by atoms with van der Waals surface area (Å²) in [6.45, 7) is 2.16. The Labute approximate surface area is 210 Å². The summed E-state index contributed by atoms with van der Waals surface area (Å²) in [4.78, 5) is 12.5. The number of benzene rings is 1. The van der Waals surface area contributed by atoms with Gasteiger partial charge in [-0.05, 0) is 111 Å². The SMILES string of the molecule is CCCCC[C@@H](O)CC[C@@H]1[C@H]2Cc3cccc(OCC(=O)O[C@@H]4C[C@H]5CC[C@@H]4C5)c3C[C@H]2C[C@H]1O. The number of unbranched alkanes of at least 4 members (excludes halogenated alkanes) is 2. The molecule has 3 fully saturated rings. The number of esters is 1. The maximum absolute atomic E-state index is 12.5. The highest BCUT2D eigenvalue weighted by Crippen LogP contribution is 2.49. The fraction of sp³-hybridized carbons (Fsp3) is 0.767. The third-order valence-corrected chi connectivity index (χ3v) is 9.62. The van der Waals surface area contributed by atoms with Gasteiger partial charge in [0.2, 0.25) is 0 Å². The van der Waals surface area contributed by atoms with Crippen LogP contribution in [0.5, 0.6) is 5.75 Å². The van der Waals surface area contributed by atoms with E-state index in [2.05, 4.69) is 13.0 Å². The molecule has 5 rings (SSSR count). The predicted octanol–water partition coefficient (Wildman–Crippen LogP) is 5.23. The van der Waals surface area contributed by atoms with Crippen LogP contribution >= 0.6 is 0 Å². The topological polar surface area (TPSA) is 76.0 Å². The number of fused-ring (bicyclic) bond motifs is 4. The number of aliphatic hydroxyl groups is 2. The molecule has 0 radical (unpaired) electrons. The second kappa shape index (κ2) is 11.2. The molecule has 0 unspecified atom stereocenters. The van der Waals surface area contributed by atoms with E-state index in [-0.39, 0.29) is 36.8 Å². The molecule has 1 aromatic carbocycles. The van der Waals surface area contributed by atoms with Crippen molar-refractivity contribution in [3.8, 4) is 5.75 Å². The smallest absolute Gasteiger partial charge is 0.344 e. The zero-order valence-electron chi connectivity index (χ0n) is 21.4. The van der Waals surface area contributed by atoms with Gasteiger partial charge in [0, 0.05) is 0 Å². The molecular weight excluding hydrogens is 440 g/mol. The third kappa shape index (κ3) is 5.72. The molecule has 2 N–H and O–H groups in total. The maximum atomic E-state index is 12.5. The summed E-state index contributed by atoms with van der Waals surface area (Å²) in [5.41, 5.74) is 2.49. The maximum Gasteiger partial charge on any atom is 0.344 e. The Bertz CT molecular complexity index is 868. The minimum atomic E-state index is -0.289. The van der Waals surface area contributed by atoms with Gasteiger partial charge in [0.15, 0.2) is 6.61 Å². The van der Waals surface area contributed by atoms with Gasteiger partial charge >= 0.3 is 5.97 Å². The molecule has 8 atom stereocenters. The zero-order chi connectivity index (χ0) is 24.4. The molecule has 0 heterocycles. The van der Waals surface area contributed by atoms with Gasteiger partial charge in [0.05, 0.1) is 12.2 Å². The van der Waals surface area contributed by atoms with Crippen molar-refractivity contribution in [3.05, 3.63) is 29.3 Å². The Hall–Kier alpha value is -1.59. The van der Waals surface area contributed by atoms with Gasteiger partial charge in [0.25, 0.3) is 0 Å². The molecule has 0 aliphatic heterocycles. The minimum absolute atomic E-state index is 0.0282. The van der Waals surface area contributed by atoms with Gasteiger partial charge in [0.1, 0.15) is 11.9 Å². The van der Waals surface area contributed by atoms with E-state index in [1.807, 2.05) is 12.1 Å². The molecule has 0 saturated heterocycles. The summed E-state index contributed by atoms with van der Waals surface area (Å²) in [6, 6.07) is 6.17. The Balaban J connectivity index is 1.15. The van der Waals surface area contributed by atoms with Crippen molar-refractivity contribution in [1.82, 2.24) is 0 Å². The van der Waals surface area contributed by atoms with E-state index < -0.39 is 0 Å². The lowest BCUT2D eigenvalue weighted by Gasteiger charge is -2.32. The van der Waals surface area contributed by atoms with Gasteiger partial charge in [-0.25, -0.2) is 4.79 Å². The van der Waals surface area contributed by atoms with Crippen LogP contribution in [0.15, 0.2) is 18.2 Å². The van der Waals surface area contributed by atoms with Gasteiger partial charge in [-0.2, -0.15) is 0 Å². The fourth-order valence-corrected chi connectivity index (χ4v) is 7.77. The number of aliphatic hydroxyl groups excluding tert-OH is 2. The average molecular weight is 485 g/mol. The lowest BCUT2D eigenvalue weighted by Crippen LogP contribution is -2.29. The molecular formula is C30H44O5. The summed E-state index contributed by atoms with van der Waals surface area (Å²) < 4.78 is 11.8. The largest absolute Gasteiger partial charge is 0.482 e. The third-order valence-electron chi connectivity index (χ3n) is 9.62. The normalized spacial score (nSPS) is 33.9. The van der Waals surface area contributed by atoms with Crippen LogP contribution in [-0.4, -0.2) is 41.1 Å². The molecule has 35 heavy (non-hydrogen) atoms. The van der Waals surface area contributed by atoms with E-state index in [9.17, 15) is 15.0 Å². The van der Waals surface area contributed by atoms with Crippen LogP contribution in [0.2, 0.25) is 0 Å². The Morgan fingerprint density at radius 1 is 1.09 bits per heavy atom. The highest BCUT2D eigenvalue weighted by Gasteiger charge is 2.45. The van der Waals surface area contributed by atoms with Crippen molar-refractivity contribution in [2.75, 3.05) is 6.61 Å². The summed E-state index contributed by atoms with van der Waals surface area (Å²) in [5, 5.41) is 21.3. The summed E-state index contributed by atoms with van der Waals surface area (Å²) in [5.74, 6) is 3.02. The van der Waals surface area contributed by atoms with Gasteiger partial charge in [-0.1, -0.05) is 38.3 Å². The first kappa shape index (κ1) is 25.1. The van der Waals surface area contributed by atoms with E-state index in [0.717, 1.165) is 63.0 Å². The van der Waals surface area contributed by atoms with Crippen LogP contribution in [0.3, 0.4) is 0 Å². The van der Waals surface area contributed by atoms with E-state index >= 15 is 0 Å². The molecule has 4 aliphatic carbocycles. The standard InChI is InChI=1S/C30H44O5/c1-2-3-4-7-23(31)11-12-24-25-15-20-6-5-8-28(26(20)16-22(25)17-27(24)32)34-18-30(33)35-29-14-19-9-10-21(29)13-19/h5-6,8,19,21-25,27,29,31-32H,2-4,7,9-18H2,1H3/t19-,21+,22-,23+,24+,25-,27+,29+/m0/s1. The Morgan fingerprint density at radius 2 is 1.97 bits per heavy atom. The highest BCUT2D eigenvalue weighted by molar-refractivity contribution is 5.71. The van der Waals surface area contributed by atoms with Crippen LogP contribution in [0, 0.1) is 29.6 Å². The number of carbonyl (C=O) groups excluding carboxylic acids is 1. The molecule has 0 spiro atoms. The molecule has 5 nitrogen and oxygen atoms in total. The van der Waals surface area contributed by atoms with Crippen molar-refractivity contribution in [2.24, 2.45) is 29.6 Å². The van der Waals surface area contributed by atoms with Crippen molar-refractivity contribution >= 4 is 5.97 Å². The molecule has 4 aliphatic rings. The molecule has 2 bridgehead atoms. The molecule has 0 amide bonds. The first-order valence-electron chi connectivity index (χ1n) is 14.3. The van der Waals surface area contributed by atoms with Crippen LogP contribution in [0.25, 0.3) is 0 Å². The number of hydrogen-bond acceptors (Lipinski definition) is 5. The number of ether oxygens (including phenoxy) is 2. The fourth-order valence-electron chi connectivity index (χ4n) is 7.77.